The van der Waals surface area contributed by atoms with Crippen LogP contribution in [-0.4, -0.2) is 22.7 Å². The Morgan fingerprint density at radius 3 is 3.00 bits per heavy atom. The van der Waals surface area contributed by atoms with Gasteiger partial charge in [-0.1, -0.05) is 12.1 Å². The van der Waals surface area contributed by atoms with E-state index >= 15 is 0 Å². The minimum atomic E-state index is -0.174. The van der Waals surface area contributed by atoms with Gasteiger partial charge in [0.2, 0.25) is 0 Å². The zero-order valence-corrected chi connectivity index (χ0v) is 8.86. The first-order valence-electron chi connectivity index (χ1n) is 5.10. The van der Waals surface area contributed by atoms with Gasteiger partial charge in [-0.05, 0) is 6.07 Å². The number of rotatable bonds is 1. The molecule has 3 rings (SSSR count). The molecule has 4 N–H and O–H groups in total. The number of nitrogens with one attached hydrogen (secondary N) is 2. The number of nitrogens with two attached hydrogens (primary N) is 1. The number of ether oxygens (including phenoxy) is 1. The van der Waals surface area contributed by atoms with Crippen LogP contribution in [0, 0.1) is 0 Å². The Hall–Kier alpha value is -2.50. The van der Waals surface area contributed by atoms with E-state index in [-0.39, 0.29) is 12.5 Å². The van der Waals surface area contributed by atoms with Crippen molar-refractivity contribution in [1.82, 2.24) is 10.2 Å². The van der Waals surface area contributed by atoms with Crippen molar-refractivity contribution in [3.63, 3.8) is 0 Å². The van der Waals surface area contributed by atoms with E-state index < -0.39 is 0 Å². The van der Waals surface area contributed by atoms with E-state index in [0.29, 0.717) is 17.3 Å². The average molecular weight is 230 g/mol. The van der Waals surface area contributed by atoms with E-state index in [1.165, 1.54) is 0 Å². The molecule has 0 aliphatic carbocycles. The molecule has 0 saturated carbocycles. The molecule has 17 heavy (non-hydrogen) atoms. The van der Waals surface area contributed by atoms with Gasteiger partial charge in [-0.2, -0.15) is 5.10 Å². The third kappa shape index (κ3) is 1.50. The van der Waals surface area contributed by atoms with Crippen molar-refractivity contribution in [1.29, 1.82) is 0 Å². The molecule has 2 aromatic rings. The lowest BCUT2D eigenvalue weighted by molar-refractivity contribution is -0.118. The molecule has 0 radical (unpaired) electrons. The second-order valence-corrected chi connectivity index (χ2v) is 3.71. The van der Waals surface area contributed by atoms with Gasteiger partial charge in [0.05, 0.1) is 11.9 Å². The Morgan fingerprint density at radius 2 is 2.24 bits per heavy atom. The lowest BCUT2D eigenvalue weighted by Gasteiger charge is -2.20. The number of fused-ring (bicyclic) bond motifs is 1. The van der Waals surface area contributed by atoms with Crippen molar-refractivity contribution in [3.05, 3.63) is 24.4 Å². The highest BCUT2D eigenvalue weighted by atomic mass is 16.5. The van der Waals surface area contributed by atoms with Gasteiger partial charge in [0.1, 0.15) is 11.6 Å². The fourth-order valence-corrected chi connectivity index (χ4v) is 1.83. The normalized spacial score (nSPS) is 13.8. The summed E-state index contributed by atoms with van der Waals surface area (Å²) in [7, 11) is 0. The molecule has 1 amide bonds. The number of carbonyl (C=O) groups is 1. The van der Waals surface area contributed by atoms with Crippen LogP contribution in [0.4, 0.5) is 11.5 Å². The second-order valence-electron chi connectivity index (χ2n) is 3.71. The molecular weight excluding hydrogens is 220 g/mol. The number of para-hydroxylation sites is 1. The zero-order chi connectivity index (χ0) is 11.8. The van der Waals surface area contributed by atoms with Gasteiger partial charge in [-0.3, -0.25) is 9.89 Å². The molecule has 6 nitrogen and oxygen atoms in total. The first-order chi connectivity index (χ1) is 8.25. The molecular formula is C11H10N4O2. The van der Waals surface area contributed by atoms with E-state index in [2.05, 4.69) is 15.5 Å². The van der Waals surface area contributed by atoms with Gasteiger partial charge >= 0.3 is 0 Å². The predicted octanol–water partition coefficient (Wildman–Crippen LogP) is 0.990. The molecule has 0 bridgehead atoms. The lowest BCUT2D eigenvalue weighted by Crippen LogP contribution is -2.25. The summed E-state index contributed by atoms with van der Waals surface area (Å²) < 4.78 is 5.33. The van der Waals surface area contributed by atoms with Crippen LogP contribution < -0.4 is 15.8 Å². The maximum atomic E-state index is 11.3. The minimum Gasteiger partial charge on any atom is -0.482 e. The van der Waals surface area contributed by atoms with Crippen molar-refractivity contribution in [2.24, 2.45) is 0 Å². The van der Waals surface area contributed by atoms with E-state index in [1.807, 2.05) is 12.1 Å². The topological polar surface area (TPSA) is 93.0 Å². The van der Waals surface area contributed by atoms with Gasteiger partial charge in [-0.15, -0.1) is 0 Å². The Morgan fingerprint density at radius 1 is 1.35 bits per heavy atom. The summed E-state index contributed by atoms with van der Waals surface area (Å²) in [5.41, 5.74) is 7.94. The van der Waals surface area contributed by atoms with Crippen molar-refractivity contribution in [3.8, 4) is 16.9 Å². The summed E-state index contributed by atoms with van der Waals surface area (Å²) in [5.74, 6) is 0.924. The van der Waals surface area contributed by atoms with Gasteiger partial charge in [0.15, 0.2) is 6.61 Å². The molecule has 1 aliphatic heterocycles. The summed E-state index contributed by atoms with van der Waals surface area (Å²) >= 11 is 0. The monoisotopic (exact) mass is 230 g/mol. The number of amides is 1. The van der Waals surface area contributed by atoms with E-state index in [1.54, 1.807) is 12.3 Å². The quantitative estimate of drug-likeness (QED) is 0.681. The second kappa shape index (κ2) is 3.51. The third-order valence-electron chi connectivity index (χ3n) is 2.61. The number of aromatic amines is 1. The number of H-pyrrole nitrogens is 1. The molecule has 86 valence electrons. The Bertz CT molecular complexity index is 591. The lowest BCUT2D eigenvalue weighted by atomic mass is 10.0. The van der Waals surface area contributed by atoms with Crippen LogP contribution in [0.2, 0.25) is 0 Å². The SMILES string of the molecule is Nc1[nH]ncc1-c1cccc2c1NC(=O)CO2. The molecule has 0 unspecified atom stereocenters. The molecule has 1 aromatic heterocycles. The number of aromatic nitrogens is 2. The van der Waals surface area contributed by atoms with Crippen LogP contribution in [-0.2, 0) is 4.79 Å². The summed E-state index contributed by atoms with van der Waals surface area (Å²) in [4.78, 5) is 11.3. The number of nitrogens with zero attached hydrogens (tertiary/aromatic N) is 1. The fraction of sp³-hybridized carbons (Fsp3) is 0.0909. The van der Waals surface area contributed by atoms with Crippen LogP contribution in [0.3, 0.4) is 0 Å². The summed E-state index contributed by atoms with van der Waals surface area (Å²) in [6.45, 7) is 0.0390. The van der Waals surface area contributed by atoms with Gasteiger partial charge < -0.3 is 15.8 Å². The highest BCUT2D eigenvalue weighted by Crippen LogP contribution is 2.38. The van der Waals surface area contributed by atoms with Crippen molar-refractivity contribution in [2.75, 3.05) is 17.7 Å². The van der Waals surface area contributed by atoms with Crippen molar-refractivity contribution in [2.45, 2.75) is 0 Å². The molecule has 1 aliphatic rings. The minimum absolute atomic E-state index is 0.0390. The fourth-order valence-electron chi connectivity index (χ4n) is 1.83. The van der Waals surface area contributed by atoms with Gasteiger partial charge in [0, 0.05) is 11.1 Å². The maximum absolute atomic E-state index is 11.3. The highest BCUT2D eigenvalue weighted by Gasteiger charge is 2.20. The summed E-state index contributed by atoms with van der Waals surface area (Å²) in [5, 5.41) is 9.30. The Balaban J connectivity index is 2.18. The molecule has 0 saturated heterocycles. The highest BCUT2D eigenvalue weighted by molar-refractivity contribution is 6.01. The zero-order valence-electron chi connectivity index (χ0n) is 8.86. The van der Waals surface area contributed by atoms with E-state index in [4.69, 9.17) is 10.5 Å². The van der Waals surface area contributed by atoms with E-state index in [9.17, 15) is 4.79 Å². The van der Waals surface area contributed by atoms with Crippen LogP contribution in [0.25, 0.3) is 11.1 Å². The van der Waals surface area contributed by atoms with Crippen LogP contribution >= 0.6 is 0 Å². The van der Waals surface area contributed by atoms with Crippen LogP contribution in [0.5, 0.6) is 5.75 Å². The smallest absolute Gasteiger partial charge is 0.262 e. The molecule has 0 atom stereocenters. The molecule has 0 spiro atoms. The third-order valence-corrected chi connectivity index (χ3v) is 2.61. The number of carbonyl (C=O) groups excluding carboxylic acids is 1. The number of benzene rings is 1. The van der Waals surface area contributed by atoms with Gasteiger partial charge in [-0.25, -0.2) is 0 Å². The van der Waals surface area contributed by atoms with Crippen molar-refractivity contribution >= 4 is 17.4 Å². The van der Waals surface area contributed by atoms with Crippen molar-refractivity contribution < 1.29 is 9.53 Å². The number of hydrogen-bond acceptors (Lipinski definition) is 4. The molecule has 0 fully saturated rings. The first-order valence-corrected chi connectivity index (χ1v) is 5.10. The molecule has 2 heterocycles. The number of anilines is 2. The summed E-state index contributed by atoms with van der Waals surface area (Å²) in [6, 6.07) is 5.50. The van der Waals surface area contributed by atoms with Crippen LogP contribution in [0.15, 0.2) is 24.4 Å². The Kier molecular flexibility index (Phi) is 2.01. The average Bonchev–Trinajstić information content (AvgIpc) is 2.74. The maximum Gasteiger partial charge on any atom is 0.262 e. The summed E-state index contributed by atoms with van der Waals surface area (Å²) in [6.07, 6.45) is 1.62. The number of nitrogen functional groups attached to an aromatic ring is 1. The first kappa shape index (κ1) is 9.71. The van der Waals surface area contributed by atoms with Crippen LogP contribution in [0.1, 0.15) is 0 Å². The molecule has 1 aromatic carbocycles. The predicted molar refractivity (Wildman–Crippen MR) is 62.6 cm³/mol. The molecule has 6 heteroatoms. The van der Waals surface area contributed by atoms with E-state index in [0.717, 1.165) is 11.1 Å². The number of hydrogen-bond donors (Lipinski definition) is 3. The van der Waals surface area contributed by atoms with Gasteiger partial charge in [0.25, 0.3) is 5.91 Å². The largest absolute Gasteiger partial charge is 0.482 e. The Labute approximate surface area is 96.8 Å². The standard InChI is InChI=1S/C11H10N4O2/c12-11-7(4-13-15-11)6-2-1-3-8-10(6)14-9(16)5-17-8/h1-4H,5H2,(H,14,16)(H3,12,13,15).